The number of aryl methyl sites for hydroxylation is 1. The summed E-state index contributed by atoms with van der Waals surface area (Å²) < 4.78 is 29.8. The summed E-state index contributed by atoms with van der Waals surface area (Å²) in [6.07, 6.45) is 1.20. The predicted molar refractivity (Wildman–Crippen MR) is 78.2 cm³/mol. The van der Waals surface area contributed by atoms with Crippen molar-refractivity contribution in [3.8, 4) is 0 Å². The fourth-order valence-corrected chi connectivity index (χ4v) is 2.96. The first kappa shape index (κ1) is 16.0. The number of rotatable bonds is 5. The molecule has 0 spiro atoms. The van der Waals surface area contributed by atoms with Crippen molar-refractivity contribution in [3.63, 3.8) is 0 Å². The van der Waals surface area contributed by atoms with Gasteiger partial charge in [0.15, 0.2) is 0 Å². The van der Waals surface area contributed by atoms with Crippen LogP contribution in [-0.4, -0.2) is 51.2 Å². The molecule has 1 aliphatic rings. The van der Waals surface area contributed by atoms with E-state index < -0.39 is 10.0 Å². The number of hydrogen-bond acceptors (Lipinski definition) is 5. The van der Waals surface area contributed by atoms with Crippen LogP contribution in [0.2, 0.25) is 0 Å². The molecule has 1 fully saturated rings. The highest BCUT2D eigenvalue weighted by Crippen LogP contribution is 2.28. The van der Waals surface area contributed by atoms with Crippen molar-refractivity contribution in [1.29, 1.82) is 0 Å². The van der Waals surface area contributed by atoms with Crippen molar-refractivity contribution in [2.45, 2.75) is 25.3 Å². The summed E-state index contributed by atoms with van der Waals surface area (Å²) in [5.74, 6) is 1.50. The molecule has 0 aromatic carbocycles. The van der Waals surface area contributed by atoms with E-state index in [1.165, 1.54) is 0 Å². The molecule has 1 aromatic heterocycles. The SMILES string of the molecule is Cc1ccc([C@H]2CN(C(=O)CCNS(C)(=O)=O)C[C@@H]2N)o1. The lowest BCUT2D eigenvalue weighted by Crippen LogP contribution is -2.34. The third kappa shape index (κ3) is 4.29. The van der Waals surface area contributed by atoms with Gasteiger partial charge in [0, 0.05) is 32.1 Å². The molecule has 0 bridgehead atoms. The molecule has 2 heterocycles. The van der Waals surface area contributed by atoms with E-state index in [2.05, 4.69) is 4.72 Å². The molecule has 7 nitrogen and oxygen atoms in total. The lowest BCUT2D eigenvalue weighted by molar-refractivity contribution is -0.130. The molecule has 3 N–H and O–H groups in total. The Morgan fingerprint density at radius 2 is 2.19 bits per heavy atom. The number of nitrogens with one attached hydrogen (secondary N) is 1. The molecular weight excluding hydrogens is 294 g/mol. The second-order valence-corrected chi connectivity index (χ2v) is 7.27. The van der Waals surface area contributed by atoms with Crippen molar-refractivity contribution in [2.75, 3.05) is 25.9 Å². The van der Waals surface area contributed by atoms with E-state index in [9.17, 15) is 13.2 Å². The van der Waals surface area contributed by atoms with Crippen molar-refractivity contribution in [3.05, 3.63) is 23.7 Å². The van der Waals surface area contributed by atoms with E-state index in [0.29, 0.717) is 13.1 Å². The Labute approximate surface area is 124 Å². The zero-order valence-electron chi connectivity index (χ0n) is 12.2. The monoisotopic (exact) mass is 315 g/mol. The number of furan rings is 1. The largest absolute Gasteiger partial charge is 0.466 e. The summed E-state index contributed by atoms with van der Waals surface area (Å²) in [5.41, 5.74) is 6.08. The van der Waals surface area contributed by atoms with Crippen LogP contribution in [-0.2, 0) is 14.8 Å². The summed E-state index contributed by atoms with van der Waals surface area (Å²) in [6, 6.07) is 3.60. The van der Waals surface area contributed by atoms with Crippen molar-refractivity contribution >= 4 is 15.9 Å². The van der Waals surface area contributed by atoms with E-state index in [-0.39, 0.29) is 30.8 Å². The third-order valence-electron chi connectivity index (χ3n) is 3.55. The lowest BCUT2D eigenvalue weighted by atomic mass is 10.0. The van der Waals surface area contributed by atoms with E-state index >= 15 is 0 Å². The summed E-state index contributed by atoms with van der Waals surface area (Å²) in [5, 5.41) is 0. The van der Waals surface area contributed by atoms with Crippen molar-refractivity contribution in [1.82, 2.24) is 9.62 Å². The number of hydrogen-bond donors (Lipinski definition) is 2. The Morgan fingerprint density at radius 1 is 1.48 bits per heavy atom. The standard InChI is InChI=1S/C13H21N3O4S/c1-9-3-4-12(20-9)10-7-16(8-11(10)14)13(17)5-6-15-21(2,18)19/h3-4,10-11,15H,5-8,14H2,1-2H3/t10-,11-/m0/s1. The van der Waals surface area contributed by atoms with Gasteiger partial charge in [-0.25, -0.2) is 13.1 Å². The number of nitrogens with two attached hydrogens (primary N) is 1. The van der Waals surface area contributed by atoms with E-state index in [1.807, 2.05) is 19.1 Å². The Morgan fingerprint density at radius 3 is 2.76 bits per heavy atom. The molecular formula is C13H21N3O4S. The normalized spacial score (nSPS) is 22.7. The molecule has 0 aliphatic carbocycles. The second-order valence-electron chi connectivity index (χ2n) is 5.43. The second kappa shape index (κ2) is 6.17. The van der Waals surface area contributed by atoms with Crippen LogP contribution in [0.5, 0.6) is 0 Å². The molecule has 8 heteroatoms. The Bertz CT molecular complexity index is 611. The molecule has 21 heavy (non-hydrogen) atoms. The molecule has 0 saturated carbocycles. The Hall–Kier alpha value is -1.38. The van der Waals surface area contributed by atoms with E-state index in [4.69, 9.17) is 10.2 Å². The van der Waals surface area contributed by atoms with Crippen molar-refractivity contribution < 1.29 is 17.6 Å². The Balaban J connectivity index is 1.90. The van der Waals surface area contributed by atoms with Crippen LogP contribution < -0.4 is 10.5 Å². The average Bonchev–Trinajstić information content (AvgIpc) is 2.93. The van der Waals surface area contributed by atoms with Crippen LogP contribution >= 0.6 is 0 Å². The average molecular weight is 315 g/mol. The van der Waals surface area contributed by atoms with Gasteiger partial charge < -0.3 is 15.1 Å². The van der Waals surface area contributed by atoms with Gasteiger partial charge in [0.05, 0.1) is 12.2 Å². The Kier molecular flexibility index (Phi) is 4.70. The highest BCUT2D eigenvalue weighted by molar-refractivity contribution is 7.88. The molecule has 1 amide bonds. The van der Waals surface area contributed by atoms with Gasteiger partial charge in [0.1, 0.15) is 11.5 Å². The molecule has 2 atom stereocenters. The number of sulfonamides is 1. The van der Waals surface area contributed by atoms with Gasteiger partial charge in [-0.2, -0.15) is 0 Å². The summed E-state index contributed by atoms with van der Waals surface area (Å²) >= 11 is 0. The van der Waals surface area contributed by atoms with Gasteiger partial charge in [-0.3, -0.25) is 4.79 Å². The van der Waals surface area contributed by atoms with Gasteiger partial charge in [0.2, 0.25) is 15.9 Å². The third-order valence-corrected chi connectivity index (χ3v) is 4.28. The molecule has 1 aromatic rings. The topological polar surface area (TPSA) is 106 Å². The van der Waals surface area contributed by atoms with E-state index in [0.717, 1.165) is 17.8 Å². The molecule has 2 rings (SSSR count). The van der Waals surface area contributed by atoms with Crippen LogP contribution in [0.3, 0.4) is 0 Å². The smallest absolute Gasteiger partial charge is 0.223 e. The number of carbonyl (C=O) groups excluding carboxylic acids is 1. The molecule has 1 saturated heterocycles. The fourth-order valence-electron chi connectivity index (χ4n) is 2.49. The molecule has 0 unspecified atom stereocenters. The van der Waals surface area contributed by atoms with Crippen LogP contribution in [0.15, 0.2) is 16.5 Å². The summed E-state index contributed by atoms with van der Waals surface area (Å²) in [4.78, 5) is 13.7. The van der Waals surface area contributed by atoms with Gasteiger partial charge in [0.25, 0.3) is 0 Å². The molecule has 1 aliphatic heterocycles. The van der Waals surface area contributed by atoms with Gasteiger partial charge in [-0.15, -0.1) is 0 Å². The minimum atomic E-state index is -3.27. The first-order valence-corrected chi connectivity index (χ1v) is 8.70. The number of likely N-dealkylation sites (tertiary alicyclic amines) is 1. The van der Waals surface area contributed by atoms with Crippen LogP contribution in [0.4, 0.5) is 0 Å². The quantitative estimate of drug-likeness (QED) is 0.781. The van der Waals surface area contributed by atoms with Gasteiger partial charge in [-0.1, -0.05) is 0 Å². The van der Waals surface area contributed by atoms with Gasteiger partial charge >= 0.3 is 0 Å². The van der Waals surface area contributed by atoms with Gasteiger partial charge in [-0.05, 0) is 19.1 Å². The first-order valence-electron chi connectivity index (χ1n) is 6.80. The molecule has 118 valence electrons. The van der Waals surface area contributed by atoms with Crippen molar-refractivity contribution in [2.24, 2.45) is 5.73 Å². The predicted octanol–water partition coefficient (Wildman–Crippen LogP) is -0.220. The first-order chi connectivity index (χ1) is 9.76. The highest BCUT2D eigenvalue weighted by atomic mass is 32.2. The fraction of sp³-hybridized carbons (Fsp3) is 0.615. The van der Waals surface area contributed by atoms with E-state index in [1.54, 1.807) is 4.90 Å². The summed E-state index contributed by atoms with van der Waals surface area (Å²) in [7, 11) is -3.27. The molecule has 0 radical (unpaired) electrons. The van der Waals surface area contributed by atoms with Crippen LogP contribution in [0.1, 0.15) is 23.9 Å². The maximum absolute atomic E-state index is 12.1. The van der Waals surface area contributed by atoms with Crippen LogP contribution in [0.25, 0.3) is 0 Å². The minimum absolute atomic E-state index is 0.00878. The minimum Gasteiger partial charge on any atom is -0.466 e. The zero-order chi connectivity index (χ0) is 15.6. The zero-order valence-corrected chi connectivity index (χ0v) is 13.0. The number of nitrogens with zero attached hydrogens (tertiary/aromatic N) is 1. The summed E-state index contributed by atoms with van der Waals surface area (Å²) in [6.45, 7) is 2.94. The lowest BCUT2D eigenvalue weighted by Gasteiger charge is -2.15. The number of carbonyl (C=O) groups is 1. The van der Waals surface area contributed by atoms with Crippen LogP contribution in [0, 0.1) is 6.92 Å². The maximum atomic E-state index is 12.1. The maximum Gasteiger partial charge on any atom is 0.223 e. The number of amides is 1. The highest BCUT2D eigenvalue weighted by Gasteiger charge is 2.35.